The lowest BCUT2D eigenvalue weighted by Crippen LogP contribution is -2.20. The first-order chi connectivity index (χ1) is 8.14. The minimum absolute atomic E-state index is 0.479. The standard InChI is InChI=1S/C13H16O4/c1-16-8-9-3-4-11(17-2)10(7-9)13(5-6-13)12(14)15/h3-4,7H,5-6,8H2,1-2H3,(H,14,15). The maximum absolute atomic E-state index is 11.3. The van der Waals surface area contributed by atoms with Crippen molar-refractivity contribution >= 4 is 5.97 Å². The highest BCUT2D eigenvalue weighted by Gasteiger charge is 2.53. The molecule has 1 aliphatic rings. The third-order valence-corrected chi connectivity index (χ3v) is 3.25. The van der Waals surface area contributed by atoms with Gasteiger partial charge < -0.3 is 14.6 Å². The molecule has 0 aromatic heterocycles. The van der Waals surface area contributed by atoms with Gasteiger partial charge in [0.2, 0.25) is 0 Å². The Bertz CT molecular complexity index is 435. The fourth-order valence-electron chi connectivity index (χ4n) is 2.11. The van der Waals surface area contributed by atoms with Crippen molar-refractivity contribution in [2.75, 3.05) is 14.2 Å². The Morgan fingerprint density at radius 1 is 1.41 bits per heavy atom. The van der Waals surface area contributed by atoms with E-state index >= 15 is 0 Å². The molecule has 17 heavy (non-hydrogen) atoms. The number of ether oxygens (including phenoxy) is 2. The van der Waals surface area contributed by atoms with E-state index in [1.807, 2.05) is 18.2 Å². The molecule has 4 heteroatoms. The highest BCUT2D eigenvalue weighted by molar-refractivity contribution is 5.86. The molecule has 1 N–H and O–H groups in total. The highest BCUT2D eigenvalue weighted by atomic mass is 16.5. The van der Waals surface area contributed by atoms with E-state index in [-0.39, 0.29) is 0 Å². The molecule has 0 aliphatic heterocycles. The summed E-state index contributed by atoms with van der Waals surface area (Å²) in [4.78, 5) is 11.3. The van der Waals surface area contributed by atoms with Crippen LogP contribution in [0.2, 0.25) is 0 Å². The molecule has 0 bridgehead atoms. The summed E-state index contributed by atoms with van der Waals surface area (Å²) in [5, 5.41) is 9.31. The van der Waals surface area contributed by atoms with Gasteiger partial charge in [0.05, 0.1) is 19.1 Å². The van der Waals surface area contributed by atoms with E-state index in [4.69, 9.17) is 9.47 Å². The van der Waals surface area contributed by atoms with Crippen molar-refractivity contribution in [2.24, 2.45) is 0 Å². The van der Waals surface area contributed by atoms with Gasteiger partial charge in [-0.25, -0.2) is 0 Å². The second-order valence-corrected chi connectivity index (χ2v) is 4.35. The van der Waals surface area contributed by atoms with Crippen molar-refractivity contribution in [2.45, 2.75) is 24.9 Å². The normalized spacial score (nSPS) is 16.6. The van der Waals surface area contributed by atoms with E-state index < -0.39 is 11.4 Å². The molecule has 0 saturated heterocycles. The molecule has 1 aliphatic carbocycles. The van der Waals surface area contributed by atoms with Crippen LogP contribution in [-0.2, 0) is 21.6 Å². The number of methoxy groups -OCH3 is 2. The number of carboxylic acids is 1. The molecule has 0 spiro atoms. The fraction of sp³-hybridized carbons (Fsp3) is 0.462. The summed E-state index contributed by atoms with van der Waals surface area (Å²) in [7, 11) is 3.18. The van der Waals surface area contributed by atoms with Crippen molar-refractivity contribution < 1.29 is 19.4 Å². The Labute approximate surface area is 100 Å². The predicted molar refractivity (Wildman–Crippen MR) is 62.3 cm³/mol. The van der Waals surface area contributed by atoms with E-state index in [0.29, 0.717) is 25.2 Å². The Morgan fingerprint density at radius 3 is 2.59 bits per heavy atom. The minimum Gasteiger partial charge on any atom is -0.496 e. The smallest absolute Gasteiger partial charge is 0.314 e. The Hall–Kier alpha value is -1.55. The quantitative estimate of drug-likeness (QED) is 0.849. The molecule has 1 aromatic carbocycles. The van der Waals surface area contributed by atoms with Gasteiger partial charge in [-0.05, 0) is 30.5 Å². The number of rotatable bonds is 5. The van der Waals surface area contributed by atoms with Crippen molar-refractivity contribution in [1.82, 2.24) is 0 Å². The maximum Gasteiger partial charge on any atom is 0.314 e. The number of hydrogen-bond acceptors (Lipinski definition) is 3. The molecule has 1 aromatic rings. The first kappa shape index (κ1) is 11.9. The summed E-state index contributed by atoms with van der Waals surface area (Å²) < 4.78 is 10.3. The molecular formula is C13H16O4. The zero-order valence-corrected chi connectivity index (χ0v) is 10.0. The largest absolute Gasteiger partial charge is 0.496 e. The summed E-state index contributed by atoms with van der Waals surface area (Å²) >= 11 is 0. The number of benzene rings is 1. The SMILES string of the molecule is COCc1ccc(OC)c(C2(C(=O)O)CC2)c1. The van der Waals surface area contributed by atoms with Crippen LogP contribution in [0.25, 0.3) is 0 Å². The molecule has 1 fully saturated rings. The van der Waals surface area contributed by atoms with Gasteiger partial charge in [-0.1, -0.05) is 6.07 Å². The average Bonchev–Trinajstić information content (AvgIpc) is 3.10. The summed E-state index contributed by atoms with van der Waals surface area (Å²) in [6.45, 7) is 0.479. The molecular weight excluding hydrogens is 220 g/mol. The Balaban J connectivity index is 2.43. The lowest BCUT2D eigenvalue weighted by Gasteiger charge is -2.16. The van der Waals surface area contributed by atoms with Crippen molar-refractivity contribution in [1.29, 1.82) is 0 Å². The molecule has 0 amide bonds. The van der Waals surface area contributed by atoms with Gasteiger partial charge in [-0.3, -0.25) is 4.79 Å². The van der Waals surface area contributed by atoms with E-state index in [0.717, 1.165) is 11.1 Å². The molecule has 0 radical (unpaired) electrons. The van der Waals surface area contributed by atoms with Gasteiger partial charge >= 0.3 is 5.97 Å². The van der Waals surface area contributed by atoms with E-state index in [9.17, 15) is 9.90 Å². The van der Waals surface area contributed by atoms with Crippen LogP contribution in [0.3, 0.4) is 0 Å². The molecule has 0 heterocycles. The molecule has 0 unspecified atom stereocenters. The zero-order valence-electron chi connectivity index (χ0n) is 10.0. The minimum atomic E-state index is -0.773. The summed E-state index contributed by atoms with van der Waals surface area (Å²) in [5.41, 5.74) is 0.993. The number of aliphatic carboxylic acids is 1. The van der Waals surface area contributed by atoms with Crippen LogP contribution in [0.5, 0.6) is 5.75 Å². The van der Waals surface area contributed by atoms with Crippen molar-refractivity contribution in [3.05, 3.63) is 29.3 Å². The van der Waals surface area contributed by atoms with Crippen LogP contribution in [0.1, 0.15) is 24.0 Å². The van der Waals surface area contributed by atoms with Crippen molar-refractivity contribution in [3.63, 3.8) is 0 Å². The third kappa shape index (κ3) is 2.00. The lowest BCUT2D eigenvalue weighted by atomic mass is 9.93. The number of carboxylic acid groups (broad SMARTS) is 1. The van der Waals surface area contributed by atoms with Crippen molar-refractivity contribution in [3.8, 4) is 5.75 Å². The second-order valence-electron chi connectivity index (χ2n) is 4.35. The van der Waals surface area contributed by atoms with Gasteiger partial charge in [0.25, 0.3) is 0 Å². The molecule has 92 valence electrons. The third-order valence-electron chi connectivity index (χ3n) is 3.25. The molecule has 1 saturated carbocycles. The topological polar surface area (TPSA) is 55.8 Å². The summed E-state index contributed by atoms with van der Waals surface area (Å²) in [5.74, 6) is -0.130. The van der Waals surface area contributed by atoms with Crippen LogP contribution < -0.4 is 4.74 Å². The zero-order chi connectivity index (χ0) is 12.5. The van der Waals surface area contributed by atoms with Gasteiger partial charge in [0.1, 0.15) is 5.75 Å². The predicted octanol–water partition coefficient (Wildman–Crippen LogP) is 1.96. The van der Waals surface area contributed by atoms with Gasteiger partial charge in [0.15, 0.2) is 0 Å². The van der Waals surface area contributed by atoms with Gasteiger partial charge in [-0.15, -0.1) is 0 Å². The number of carbonyl (C=O) groups is 1. The Kier molecular flexibility index (Phi) is 3.07. The van der Waals surface area contributed by atoms with Crippen LogP contribution in [0.15, 0.2) is 18.2 Å². The lowest BCUT2D eigenvalue weighted by molar-refractivity contribution is -0.140. The molecule has 4 nitrogen and oxygen atoms in total. The van der Waals surface area contributed by atoms with Crippen LogP contribution in [0.4, 0.5) is 0 Å². The summed E-state index contributed by atoms with van der Waals surface area (Å²) in [6, 6.07) is 5.58. The van der Waals surface area contributed by atoms with E-state index in [2.05, 4.69) is 0 Å². The number of hydrogen-bond donors (Lipinski definition) is 1. The molecule has 2 rings (SSSR count). The monoisotopic (exact) mass is 236 g/mol. The van der Waals surface area contributed by atoms with Crippen LogP contribution >= 0.6 is 0 Å². The van der Waals surface area contributed by atoms with Gasteiger partial charge in [0, 0.05) is 12.7 Å². The second kappa shape index (κ2) is 4.37. The van der Waals surface area contributed by atoms with Crippen LogP contribution in [0, 0.1) is 0 Å². The summed E-state index contributed by atoms with van der Waals surface area (Å²) in [6.07, 6.45) is 1.35. The van der Waals surface area contributed by atoms with Crippen LogP contribution in [-0.4, -0.2) is 25.3 Å². The maximum atomic E-state index is 11.3. The van der Waals surface area contributed by atoms with E-state index in [1.165, 1.54) is 0 Å². The van der Waals surface area contributed by atoms with Gasteiger partial charge in [-0.2, -0.15) is 0 Å². The average molecular weight is 236 g/mol. The highest BCUT2D eigenvalue weighted by Crippen LogP contribution is 2.51. The first-order valence-electron chi connectivity index (χ1n) is 5.54. The fourth-order valence-corrected chi connectivity index (χ4v) is 2.11. The van der Waals surface area contributed by atoms with E-state index in [1.54, 1.807) is 14.2 Å². The Morgan fingerprint density at radius 2 is 2.12 bits per heavy atom. The first-order valence-corrected chi connectivity index (χ1v) is 5.54. The molecule has 0 atom stereocenters.